The summed E-state index contributed by atoms with van der Waals surface area (Å²) in [7, 11) is -7.21. The molecule has 2 aromatic heterocycles. The monoisotopic (exact) mass is 506 g/mol. The maximum absolute atomic E-state index is 12.5. The molecular weight excluding hydrogens is 484 g/mol. The van der Waals surface area contributed by atoms with Crippen molar-refractivity contribution in [2.45, 2.75) is 19.4 Å². The average Bonchev–Trinajstić information content (AvgIpc) is 3.21. The highest BCUT2D eigenvalue weighted by molar-refractivity contribution is 7.88. The van der Waals surface area contributed by atoms with Crippen LogP contribution in [0, 0.1) is 0 Å². The van der Waals surface area contributed by atoms with Gasteiger partial charge < -0.3 is 9.17 Å². The Labute approximate surface area is 195 Å². The minimum absolute atomic E-state index is 0.138. The molecule has 4 aromatic rings. The van der Waals surface area contributed by atoms with Crippen LogP contribution in [-0.2, 0) is 20.1 Å². The number of fused-ring (bicyclic) bond motifs is 3. The lowest BCUT2D eigenvalue weighted by atomic mass is 9.95. The number of pyridine rings is 1. The molecule has 2 heterocycles. The van der Waals surface area contributed by atoms with Gasteiger partial charge in [-0.25, -0.2) is 13.1 Å². The Morgan fingerprint density at radius 3 is 2.33 bits per heavy atom. The van der Waals surface area contributed by atoms with Crippen LogP contribution in [-0.4, -0.2) is 34.3 Å². The van der Waals surface area contributed by atoms with Crippen LogP contribution >= 0.6 is 11.3 Å². The molecule has 0 spiro atoms. The zero-order valence-electron chi connectivity index (χ0n) is 18.1. The summed E-state index contributed by atoms with van der Waals surface area (Å²) in [5.74, 6) is 0.138. The Morgan fingerprint density at radius 1 is 1.03 bits per heavy atom. The topological polar surface area (TPSA) is 122 Å². The van der Waals surface area contributed by atoms with Gasteiger partial charge in [-0.2, -0.15) is 8.42 Å². The predicted molar refractivity (Wildman–Crippen MR) is 132 cm³/mol. The Bertz CT molecular complexity index is 1620. The molecule has 0 bridgehead atoms. The van der Waals surface area contributed by atoms with Crippen molar-refractivity contribution in [1.82, 2.24) is 9.71 Å². The minimum Gasteiger partial charge on any atom is -0.382 e. The number of benzene rings is 2. The second-order valence-corrected chi connectivity index (χ2v) is 12.0. The van der Waals surface area contributed by atoms with Crippen molar-refractivity contribution < 1.29 is 21.0 Å². The van der Waals surface area contributed by atoms with Crippen LogP contribution in [0.1, 0.15) is 24.9 Å². The lowest BCUT2D eigenvalue weighted by Gasteiger charge is -2.18. The second kappa shape index (κ2) is 8.56. The van der Waals surface area contributed by atoms with Crippen molar-refractivity contribution in [3.8, 4) is 16.9 Å². The van der Waals surface area contributed by atoms with Crippen molar-refractivity contribution in [3.05, 3.63) is 63.8 Å². The molecule has 2 aromatic carbocycles. The van der Waals surface area contributed by atoms with Crippen molar-refractivity contribution in [3.63, 3.8) is 0 Å². The number of H-pyrrole nitrogens is 1. The van der Waals surface area contributed by atoms with Crippen LogP contribution < -0.4 is 14.5 Å². The molecule has 8 nitrogen and oxygen atoms in total. The van der Waals surface area contributed by atoms with E-state index in [0.29, 0.717) is 38.5 Å². The van der Waals surface area contributed by atoms with Gasteiger partial charge in [-0.3, -0.25) is 4.79 Å². The summed E-state index contributed by atoms with van der Waals surface area (Å²) in [6.07, 6.45) is 2.64. The molecule has 11 heteroatoms. The van der Waals surface area contributed by atoms with Gasteiger partial charge in [0.05, 0.1) is 12.5 Å². The van der Waals surface area contributed by atoms with Gasteiger partial charge in [-0.1, -0.05) is 31.2 Å². The largest absolute Gasteiger partial charge is 0.382 e. The summed E-state index contributed by atoms with van der Waals surface area (Å²) in [5, 5.41) is 3.17. The summed E-state index contributed by atoms with van der Waals surface area (Å²) >= 11 is 1.30. The Kier molecular flexibility index (Phi) is 6.08. The first-order chi connectivity index (χ1) is 15.5. The summed E-state index contributed by atoms with van der Waals surface area (Å²) < 4.78 is 55.8. The number of rotatable bonds is 7. The maximum atomic E-state index is 12.5. The first-order valence-corrected chi connectivity index (χ1v) is 14.6. The highest BCUT2D eigenvalue weighted by Crippen LogP contribution is 2.41. The van der Waals surface area contributed by atoms with E-state index in [-0.39, 0.29) is 11.3 Å². The van der Waals surface area contributed by atoms with E-state index in [0.717, 1.165) is 18.1 Å². The van der Waals surface area contributed by atoms with Gasteiger partial charge in [-0.05, 0) is 41.1 Å². The van der Waals surface area contributed by atoms with Crippen molar-refractivity contribution in [2.75, 3.05) is 12.5 Å². The Balaban J connectivity index is 1.96. The maximum Gasteiger partial charge on any atom is 0.306 e. The molecule has 0 fully saturated rings. The van der Waals surface area contributed by atoms with E-state index in [1.54, 1.807) is 35.7 Å². The van der Waals surface area contributed by atoms with Crippen LogP contribution in [0.3, 0.4) is 0 Å². The summed E-state index contributed by atoms with van der Waals surface area (Å²) in [4.78, 5) is 15.3. The highest BCUT2D eigenvalue weighted by Gasteiger charge is 2.20. The highest BCUT2D eigenvalue weighted by atomic mass is 32.2. The van der Waals surface area contributed by atoms with E-state index in [9.17, 15) is 21.6 Å². The minimum atomic E-state index is -3.82. The molecule has 0 unspecified atom stereocenters. The van der Waals surface area contributed by atoms with Gasteiger partial charge in [0.25, 0.3) is 5.56 Å². The van der Waals surface area contributed by atoms with Crippen molar-refractivity contribution >= 4 is 52.5 Å². The lowest BCUT2D eigenvalue weighted by molar-refractivity contribution is 0.494. The Morgan fingerprint density at radius 2 is 1.73 bits per heavy atom. The normalized spacial score (nSPS) is 13.4. The van der Waals surface area contributed by atoms with E-state index in [2.05, 4.69) is 9.71 Å². The molecule has 0 radical (unpaired) electrons. The summed E-state index contributed by atoms with van der Waals surface area (Å²) in [5.41, 5.74) is 2.29. The fourth-order valence-corrected chi connectivity index (χ4v) is 5.96. The smallest absolute Gasteiger partial charge is 0.306 e. The lowest BCUT2D eigenvalue weighted by Crippen LogP contribution is -2.26. The number of sulfonamides is 1. The Hall–Kier alpha value is -2.73. The molecule has 0 aliphatic carbocycles. The van der Waals surface area contributed by atoms with Crippen LogP contribution in [0.25, 0.3) is 32.1 Å². The predicted octanol–water partition coefficient (Wildman–Crippen LogP) is 3.75. The molecule has 4 rings (SSSR count). The van der Waals surface area contributed by atoms with Gasteiger partial charge >= 0.3 is 10.1 Å². The van der Waals surface area contributed by atoms with Crippen molar-refractivity contribution in [2.24, 2.45) is 0 Å². The standard InChI is InChI=1S/C22H22N2O6S3/c1-4-16(24-32(2,26)27)13-5-7-14(8-6-13)19-18(30-33(3,28)29)10-9-17-20(19)15-11-12-31-21(15)22(25)23-17/h5-12,16,24H,4H2,1-3H3,(H,23,25)/t16-/m0/s1. The van der Waals surface area contributed by atoms with Crippen LogP contribution in [0.5, 0.6) is 5.75 Å². The van der Waals surface area contributed by atoms with Gasteiger partial charge in [0.15, 0.2) is 5.75 Å². The van der Waals surface area contributed by atoms with E-state index in [1.165, 1.54) is 17.4 Å². The van der Waals surface area contributed by atoms with Gasteiger partial charge in [-0.15, -0.1) is 11.3 Å². The molecule has 0 saturated heterocycles. The third kappa shape index (κ3) is 4.96. The zero-order valence-corrected chi connectivity index (χ0v) is 20.5. The fraction of sp³-hybridized carbons (Fsp3) is 0.227. The first kappa shape index (κ1) is 23.4. The quantitative estimate of drug-likeness (QED) is 0.368. The number of thiophene rings is 1. The fourth-order valence-electron chi connectivity index (χ4n) is 3.88. The first-order valence-electron chi connectivity index (χ1n) is 10.00. The van der Waals surface area contributed by atoms with E-state index < -0.39 is 26.2 Å². The molecular formula is C22H22N2O6S3. The third-order valence-corrected chi connectivity index (χ3v) is 7.27. The van der Waals surface area contributed by atoms with Crippen LogP contribution in [0.15, 0.2) is 52.6 Å². The molecule has 0 aliphatic heterocycles. The SMILES string of the molecule is CC[C@H](NS(C)(=O)=O)c1ccc(-c2c(OS(C)(=O)=O)ccc3[nH]c(=O)c4sccc4c23)cc1. The molecule has 1 atom stereocenters. The molecule has 0 saturated carbocycles. The van der Waals surface area contributed by atoms with E-state index >= 15 is 0 Å². The molecule has 0 amide bonds. The van der Waals surface area contributed by atoms with Crippen LogP contribution in [0.2, 0.25) is 0 Å². The van der Waals surface area contributed by atoms with E-state index in [1.807, 2.05) is 13.0 Å². The molecule has 2 N–H and O–H groups in total. The molecule has 174 valence electrons. The number of hydrogen-bond donors (Lipinski definition) is 2. The summed E-state index contributed by atoms with van der Waals surface area (Å²) in [6, 6.07) is 11.7. The number of aromatic amines is 1. The van der Waals surface area contributed by atoms with E-state index in [4.69, 9.17) is 4.18 Å². The van der Waals surface area contributed by atoms with Crippen LogP contribution in [0.4, 0.5) is 0 Å². The van der Waals surface area contributed by atoms with Crippen molar-refractivity contribution in [1.29, 1.82) is 0 Å². The number of aromatic nitrogens is 1. The van der Waals surface area contributed by atoms with Gasteiger partial charge in [0.2, 0.25) is 10.0 Å². The van der Waals surface area contributed by atoms with Gasteiger partial charge in [0.1, 0.15) is 4.70 Å². The summed E-state index contributed by atoms with van der Waals surface area (Å²) in [6.45, 7) is 1.88. The number of hydrogen-bond acceptors (Lipinski definition) is 7. The molecule has 33 heavy (non-hydrogen) atoms. The average molecular weight is 507 g/mol. The number of nitrogens with one attached hydrogen (secondary N) is 2. The zero-order chi connectivity index (χ0) is 24.0. The third-order valence-electron chi connectivity index (χ3n) is 5.16. The second-order valence-electron chi connectivity index (χ2n) is 7.74. The van der Waals surface area contributed by atoms with Gasteiger partial charge in [0, 0.05) is 27.9 Å². The molecule has 0 aliphatic rings.